The fourth-order valence-corrected chi connectivity index (χ4v) is 3.16. The normalized spacial score (nSPS) is 14.3. The fourth-order valence-electron chi connectivity index (χ4n) is 3.16. The molecule has 2 amide bonds. The first kappa shape index (κ1) is 21.3. The number of hydrogen-bond acceptors (Lipinski definition) is 4. The number of carbonyl (C=O) groups is 2. The zero-order valence-electron chi connectivity index (χ0n) is 16.5. The zero-order valence-corrected chi connectivity index (χ0v) is 16.5. The molecule has 0 aromatic heterocycles. The Kier molecular flexibility index (Phi) is 7.00. The molecule has 2 aromatic carbocycles. The Morgan fingerprint density at radius 1 is 1.00 bits per heavy atom. The molecule has 0 atom stereocenters. The van der Waals surface area contributed by atoms with Crippen molar-refractivity contribution in [3.05, 3.63) is 65.7 Å². The summed E-state index contributed by atoms with van der Waals surface area (Å²) >= 11 is 0. The third-order valence-electron chi connectivity index (χ3n) is 4.74. The van der Waals surface area contributed by atoms with Crippen molar-refractivity contribution in [2.24, 2.45) is 0 Å². The van der Waals surface area contributed by atoms with Crippen molar-refractivity contribution in [1.29, 1.82) is 0 Å². The number of benzene rings is 2. The van der Waals surface area contributed by atoms with Gasteiger partial charge in [-0.25, -0.2) is 0 Å². The maximum atomic E-state index is 12.7. The van der Waals surface area contributed by atoms with Gasteiger partial charge >= 0.3 is 6.61 Å². The standard InChI is InChI=1S/C22H22F2N2O4/c1-29-18-7-4-6-17(15-18)21(28)26-13-11-25(12-14-26)20(27)10-9-16-5-2-3-8-19(16)30-22(23)24/h2-10,15,22H,11-14H2,1H3. The highest BCUT2D eigenvalue weighted by Crippen LogP contribution is 2.22. The molecule has 0 radical (unpaired) electrons. The molecule has 0 bridgehead atoms. The summed E-state index contributed by atoms with van der Waals surface area (Å²) in [5, 5.41) is 0. The summed E-state index contributed by atoms with van der Waals surface area (Å²) in [6, 6.07) is 13.2. The van der Waals surface area contributed by atoms with Crippen LogP contribution in [0.25, 0.3) is 6.08 Å². The SMILES string of the molecule is COc1cccc(C(=O)N2CCN(C(=O)C=Cc3ccccc3OC(F)F)CC2)c1. The Morgan fingerprint density at radius 3 is 2.40 bits per heavy atom. The van der Waals surface area contributed by atoms with E-state index in [0.29, 0.717) is 43.1 Å². The minimum atomic E-state index is -2.94. The van der Waals surface area contributed by atoms with Gasteiger partial charge in [0.1, 0.15) is 11.5 Å². The van der Waals surface area contributed by atoms with Crippen molar-refractivity contribution in [3.8, 4) is 11.5 Å². The maximum Gasteiger partial charge on any atom is 0.387 e. The Morgan fingerprint density at radius 2 is 1.70 bits per heavy atom. The van der Waals surface area contributed by atoms with Crippen LogP contribution in [0.4, 0.5) is 8.78 Å². The number of carbonyl (C=O) groups excluding carboxylic acids is 2. The smallest absolute Gasteiger partial charge is 0.387 e. The summed E-state index contributed by atoms with van der Waals surface area (Å²) in [4.78, 5) is 28.4. The van der Waals surface area contributed by atoms with E-state index in [0.717, 1.165) is 0 Å². The van der Waals surface area contributed by atoms with Gasteiger partial charge in [-0.15, -0.1) is 0 Å². The molecule has 30 heavy (non-hydrogen) atoms. The number of methoxy groups -OCH3 is 1. The molecule has 158 valence electrons. The predicted octanol–water partition coefficient (Wildman–Crippen LogP) is 3.29. The van der Waals surface area contributed by atoms with Crippen LogP contribution in [-0.4, -0.2) is 61.5 Å². The molecule has 2 aromatic rings. The Bertz CT molecular complexity index is 925. The van der Waals surface area contributed by atoms with Crippen molar-refractivity contribution in [3.63, 3.8) is 0 Å². The number of para-hydroxylation sites is 1. The number of ether oxygens (including phenoxy) is 2. The van der Waals surface area contributed by atoms with Gasteiger partial charge in [0.25, 0.3) is 5.91 Å². The largest absolute Gasteiger partial charge is 0.497 e. The summed E-state index contributed by atoms with van der Waals surface area (Å²) < 4.78 is 34.6. The first-order valence-corrected chi connectivity index (χ1v) is 9.42. The van der Waals surface area contributed by atoms with Crippen LogP contribution in [0.15, 0.2) is 54.6 Å². The van der Waals surface area contributed by atoms with Gasteiger partial charge in [0.15, 0.2) is 0 Å². The second-order valence-corrected chi connectivity index (χ2v) is 6.60. The Labute approximate surface area is 173 Å². The summed E-state index contributed by atoms with van der Waals surface area (Å²) in [7, 11) is 1.54. The lowest BCUT2D eigenvalue weighted by Gasteiger charge is -2.34. The van der Waals surface area contributed by atoms with Crippen LogP contribution in [0.2, 0.25) is 0 Å². The molecule has 6 nitrogen and oxygen atoms in total. The summed E-state index contributed by atoms with van der Waals surface area (Å²) in [5.74, 6) is 0.242. The zero-order chi connectivity index (χ0) is 21.5. The van der Waals surface area contributed by atoms with Gasteiger partial charge in [0.05, 0.1) is 7.11 Å². The first-order chi connectivity index (χ1) is 14.5. The molecule has 8 heteroatoms. The minimum absolute atomic E-state index is 0.00487. The Balaban J connectivity index is 1.58. The lowest BCUT2D eigenvalue weighted by Crippen LogP contribution is -2.50. The van der Waals surface area contributed by atoms with E-state index in [1.807, 2.05) is 0 Å². The first-order valence-electron chi connectivity index (χ1n) is 9.42. The molecule has 1 heterocycles. The van der Waals surface area contributed by atoms with Crippen LogP contribution in [0.3, 0.4) is 0 Å². The lowest BCUT2D eigenvalue weighted by atomic mass is 10.1. The van der Waals surface area contributed by atoms with Gasteiger partial charge in [-0.1, -0.05) is 24.3 Å². The van der Waals surface area contributed by atoms with E-state index >= 15 is 0 Å². The topological polar surface area (TPSA) is 59.1 Å². The quantitative estimate of drug-likeness (QED) is 0.678. The van der Waals surface area contributed by atoms with E-state index in [-0.39, 0.29) is 17.6 Å². The van der Waals surface area contributed by atoms with Gasteiger partial charge in [0.2, 0.25) is 5.91 Å². The number of amides is 2. The molecule has 1 aliphatic heterocycles. The molecule has 1 fully saturated rings. The van der Waals surface area contributed by atoms with Crippen LogP contribution >= 0.6 is 0 Å². The predicted molar refractivity (Wildman–Crippen MR) is 108 cm³/mol. The monoisotopic (exact) mass is 416 g/mol. The fraction of sp³-hybridized carbons (Fsp3) is 0.273. The highest BCUT2D eigenvalue weighted by atomic mass is 19.3. The van der Waals surface area contributed by atoms with E-state index in [1.54, 1.807) is 59.4 Å². The second-order valence-electron chi connectivity index (χ2n) is 6.60. The molecule has 1 aliphatic rings. The molecule has 0 N–H and O–H groups in total. The van der Waals surface area contributed by atoms with Crippen LogP contribution in [0.5, 0.6) is 11.5 Å². The highest BCUT2D eigenvalue weighted by molar-refractivity contribution is 5.95. The van der Waals surface area contributed by atoms with Gasteiger partial charge < -0.3 is 19.3 Å². The number of hydrogen-bond donors (Lipinski definition) is 0. The summed E-state index contributed by atoms with van der Waals surface area (Å²) in [5.41, 5.74) is 0.919. The van der Waals surface area contributed by atoms with Crippen LogP contribution < -0.4 is 9.47 Å². The molecular weight excluding hydrogens is 394 g/mol. The third kappa shape index (κ3) is 5.34. The number of alkyl halides is 2. The Hall–Kier alpha value is -3.42. The number of nitrogens with zero attached hydrogens (tertiary/aromatic N) is 2. The van der Waals surface area contributed by atoms with Gasteiger partial charge in [0, 0.05) is 43.4 Å². The van der Waals surface area contributed by atoms with Gasteiger partial charge in [-0.3, -0.25) is 9.59 Å². The summed E-state index contributed by atoms with van der Waals surface area (Å²) in [6.07, 6.45) is 2.78. The van der Waals surface area contributed by atoms with Crippen molar-refractivity contribution < 1.29 is 27.8 Å². The van der Waals surface area contributed by atoms with Crippen LogP contribution in [0, 0.1) is 0 Å². The second kappa shape index (κ2) is 9.87. The average Bonchev–Trinajstić information content (AvgIpc) is 2.77. The van der Waals surface area contributed by atoms with E-state index in [9.17, 15) is 18.4 Å². The van der Waals surface area contributed by atoms with Gasteiger partial charge in [-0.2, -0.15) is 8.78 Å². The molecule has 0 aliphatic carbocycles. The van der Waals surface area contributed by atoms with Crippen molar-refractivity contribution in [1.82, 2.24) is 9.80 Å². The van der Waals surface area contributed by atoms with E-state index in [4.69, 9.17) is 4.74 Å². The maximum absolute atomic E-state index is 12.7. The van der Waals surface area contributed by atoms with Crippen LogP contribution in [0.1, 0.15) is 15.9 Å². The molecule has 3 rings (SSSR count). The number of halogens is 2. The van der Waals surface area contributed by atoms with Crippen molar-refractivity contribution in [2.75, 3.05) is 33.3 Å². The van der Waals surface area contributed by atoms with Crippen molar-refractivity contribution >= 4 is 17.9 Å². The molecule has 0 saturated carbocycles. The molecule has 0 spiro atoms. The van der Waals surface area contributed by atoms with E-state index in [2.05, 4.69) is 4.74 Å². The molecule has 0 unspecified atom stereocenters. The highest BCUT2D eigenvalue weighted by Gasteiger charge is 2.24. The van der Waals surface area contributed by atoms with Gasteiger partial charge in [-0.05, 0) is 30.3 Å². The minimum Gasteiger partial charge on any atom is -0.497 e. The molecular formula is C22H22F2N2O4. The average molecular weight is 416 g/mol. The third-order valence-corrected chi connectivity index (χ3v) is 4.74. The number of rotatable bonds is 6. The van der Waals surface area contributed by atoms with E-state index in [1.165, 1.54) is 18.2 Å². The number of piperazine rings is 1. The lowest BCUT2D eigenvalue weighted by molar-refractivity contribution is -0.127. The van der Waals surface area contributed by atoms with Crippen molar-refractivity contribution in [2.45, 2.75) is 6.61 Å². The van der Waals surface area contributed by atoms with Crippen LogP contribution in [-0.2, 0) is 4.79 Å². The molecule has 1 saturated heterocycles. The summed E-state index contributed by atoms with van der Waals surface area (Å²) in [6.45, 7) is -1.37. The van der Waals surface area contributed by atoms with E-state index < -0.39 is 6.61 Å².